The predicted octanol–water partition coefficient (Wildman–Crippen LogP) is 6.93. The van der Waals surface area contributed by atoms with Crippen LogP contribution in [0.15, 0.2) is 48.6 Å². The molecule has 0 aromatic heterocycles. The normalized spacial score (nSPS) is 21.9. The summed E-state index contributed by atoms with van der Waals surface area (Å²) < 4.78 is 21.9. The van der Waals surface area contributed by atoms with Crippen LogP contribution in [0.4, 0.5) is 0 Å². The van der Waals surface area contributed by atoms with E-state index in [1.807, 2.05) is 12.2 Å². The largest absolute Gasteiger partial charge is 0.462 e. The maximum Gasteiger partial charge on any atom is 0.306 e. The zero-order valence-corrected chi connectivity index (χ0v) is 30.9. The molecule has 0 radical (unpaired) electrons. The van der Waals surface area contributed by atoms with E-state index >= 15 is 0 Å². The molecule has 4 N–H and O–H groups in total. The zero-order chi connectivity index (χ0) is 36.7. The van der Waals surface area contributed by atoms with E-state index in [1.54, 1.807) is 0 Å². The van der Waals surface area contributed by atoms with Crippen molar-refractivity contribution in [2.45, 2.75) is 173 Å². The van der Waals surface area contributed by atoms with Gasteiger partial charge < -0.3 is 39.4 Å². The van der Waals surface area contributed by atoms with E-state index in [9.17, 15) is 30.0 Å². The van der Waals surface area contributed by atoms with Crippen LogP contribution in [0.2, 0.25) is 0 Å². The molecule has 1 heterocycles. The van der Waals surface area contributed by atoms with Crippen molar-refractivity contribution in [2.75, 3.05) is 19.8 Å². The molecule has 1 saturated heterocycles. The highest BCUT2D eigenvalue weighted by atomic mass is 16.7. The van der Waals surface area contributed by atoms with Gasteiger partial charge in [0.05, 0.1) is 13.2 Å². The lowest BCUT2D eigenvalue weighted by atomic mass is 9.99. The smallest absolute Gasteiger partial charge is 0.306 e. The van der Waals surface area contributed by atoms with Gasteiger partial charge in [-0.2, -0.15) is 0 Å². The highest BCUT2D eigenvalue weighted by Crippen LogP contribution is 2.22. The fraction of sp³-hybridized carbons (Fsp3) is 0.750. The monoisotopic (exact) mass is 708 g/mol. The number of esters is 2. The van der Waals surface area contributed by atoms with Crippen LogP contribution >= 0.6 is 0 Å². The van der Waals surface area contributed by atoms with Crippen molar-refractivity contribution in [2.24, 2.45) is 0 Å². The van der Waals surface area contributed by atoms with E-state index in [-0.39, 0.29) is 26.1 Å². The van der Waals surface area contributed by atoms with Crippen LogP contribution in [0.3, 0.4) is 0 Å². The molecular formula is C40H68O10. The predicted molar refractivity (Wildman–Crippen MR) is 196 cm³/mol. The molecular weight excluding hydrogens is 640 g/mol. The molecule has 1 aliphatic heterocycles. The summed E-state index contributed by atoms with van der Waals surface area (Å²) in [4.78, 5) is 25.1. The van der Waals surface area contributed by atoms with Gasteiger partial charge in [-0.3, -0.25) is 9.59 Å². The van der Waals surface area contributed by atoms with Crippen LogP contribution in [0.1, 0.15) is 136 Å². The third-order valence-electron chi connectivity index (χ3n) is 8.49. The SMILES string of the molecule is CC/C=C\C/C=C\C/C=C\C/C=C\CCC(=O)OC(COC(=O)CCCCCCCCCCCCCC)COC1OC(CO)C(O)C(O)C1O. The third kappa shape index (κ3) is 23.2. The number of aliphatic hydroxyl groups excluding tert-OH is 4. The van der Waals surface area contributed by atoms with Gasteiger partial charge in [0.2, 0.25) is 0 Å². The first kappa shape index (κ1) is 45.7. The molecule has 0 saturated carbocycles. The van der Waals surface area contributed by atoms with E-state index in [2.05, 4.69) is 50.3 Å². The van der Waals surface area contributed by atoms with Gasteiger partial charge in [0.15, 0.2) is 12.4 Å². The summed E-state index contributed by atoms with van der Waals surface area (Å²) >= 11 is 0. The van der Waals surface area contributed by atoms with Crippen molar-refractivity contribution >= 4 is 11.9 Å². The Morgan fingerprint density at radius 2 is 1.18 bits per heavy atom. The highest BCUT2D eigenvalue weighted by Gasteiger charge is 2.44. The molecule has 0 bridgehead atoms. The van der Waals surface area contributed by atoms with Gasteiger partial charge in [-0.15, -0.1) is 0 Å². The maximum absolute atomic E-state index is 12.6. The van der Waals surface area contributed by atoms with Crippen LogP contribution in [-0.4, -0.2) is 89.0 Å². The minimum Gasteiger partial charge on any atom is -0.462 e. The summed E-state index contributed by atoms with van der Waals surface area (Å²) in [5, 5.41) is 39.9. The number of carbonyl (C=O) groups is 2. The van der Waals surface area contributed by atoms with Gasteiger partial charge in [-0.1, -0.05) is 133 Å². The molecule has 1 fully saturated rings. The molecule has 1 aliphatic rings. The standard InChI is InChI=1S/C40H68O10/c1-3-5-7-9-11-13-15-17-19-21-23-25-27-29-36(43)49-33(32-48-40-39(46)38(45)37(44)34(30-41)50-40)31-47-35(42)28-26-24-22-20-18-16-14-12-10-8-6-4-2/h5,7,11,13,17,19,23,25,33-34,37-41,44-46H,3-4,6,8-10,12,14-16,18,20-22,24,26-32H2,1-2H3/b7-5-,13-11-,19-17-,25-23-. The maximum atomic E-state index is 12.6. The molecule has 0 aromatic carbocycles. The summed E-state index contributed by atoms with van der Waals surface area (Å²) in [6.07, 6.45) is 27.1. The Balaban J connectivity index is 2.46. The summed E-state index contributed by atoms with van der Waals surface area (Å²) in [7, 11) is 0. The van der Waals surface area contributed by atoms with Crippen molar-refractivity contribution in [1.82, 2.24) is 0 Å². The second-order valence-corrected chi connectivity index (χ2v) is 13.0. The molecule has 0 aliphatic carbocycles. The first-order valence-corrected chi connectivity index (χ1v) is 19.2. The third-order valence-corrected chi connectivity index (χ3v) is 8.49. The molecule has 1 rings (SSSR count). The Morgan fingerprint density at radius 3 is 1.74 bits per heavy atom. The molecule has 10 nitrogen and oxygen atoms in total. The Bertz CT molecular complexity index is 960. The minimum absolute atomic E-state index is 0.109. The Hall–Kier alpha value is -2.34. The van der Waals surface area contributed by atoms with Crippen LogP contribution in [0.25, 0.3) is 0 Å². The second kappa shape index (κ2) is 31.4. The summed E-state index contributed by atoms with van der Waals surface area (Å²) in [6.45, 7) is 3.20. The molecule has 0 spiro atoms. The van der Waals surface area contributed by atoms with Crippen LogP contribution < -0.4 is 0 Å². The number of allylic oxidation sites excluding steroid dienone is 8. The molecule has 10 heteroatoms. The molecule has 0 aromatic rings. The van der Waals surface area contributed by atoms with Gasteiger partial charge in [-0.25, -0.2) is 0 Å². The van der Waals surface area contributed by atoms with Crippen molar-refractivity contribution in [3.63, 3.8) is 0 Å². The number of hydrogen-bond acceptors (Lipinski definition) is 10. The van der Waals surface area contributed by atoms with Crippen LogP contribution in [0.5, 0.6) is 0 Å². The molecule has 6 unspecified atom stereocenters. The van der Waals surface area contributed by atoms with E-state index in [0.29, 0.717) is 6.42 Å². The second-order valence-electron chi connectivity index (χ2n) is 13.0. The average molecular weight is 709 g/mol. The fourth-order valence-electron chi connectivity index (χ4n) is 5.44. The lowest BCUT2D eigenvalue weighted by Crippen LogP contribution is -2.59. The Kier molecular flexibility index (Phi) is 28.7. The van der Waals surface area contributed by atoms with Crippen molar-refractivity contribution in [3.05, 3.63) is 48.6 Å². The van der Waals surface area contributed by atoms with Crippen molar-refractivity contribution in [3.8, 4) is 0 Å². The Morgan fingerprint density at radius 1 is 0.640 bits per heavy atom. The van der Waals surface area contributed by atoms with Crippen molar-refractivity contribution in [1.29, 1.82) is 0 Å². The first-order valence-electron chi connectivity index (χ1n) is 19.2. The summed E-state index contributed by atoms with van der Waals surface area (Å²) in [5.41, 5.74) is 0. The van der Waals surface area contributed by atoms with Crippen LogP contribution in [0, 0.1) is 0 Å². The number of unbranched alkanes of at least 4 members (excludes halogenated alkanes) is 11. The average Bonchev–Trinajstić information content (AvgIpc) is 3.11. The zero-order valence-electron chi connectivity index (χ0n) is 30.9. The van der Waals surface area contributed by atoms with E-state index < -0.39 is 55.4 Å². The van der Waals surface area contributed by atoms with Gasteiger partial charge in [-0.05, 0) is 38.5 Å². The highest BCUT2D eigenvalue weighted by molar-refractivity contribution is 5.70. The number of carbonyl (C=O) groups excluding carboxylic acids is 2. The van der Waals surface area contributed by atoms with Crippen LogP contribution in [-0.2, 0) is 28.5 Å². The topological polar surface area (TPSA) is 152 Å². The number of aliphatic hydroxyl groups is 4. The van der Waals surface area contributed by atoms with E-state index in [0.717, 1.165) is 51.4 Å². The summed E-state index contributed by atoms with van der Waals surface area (Å²) in [5.74, 6) is -0.905. The number of rotatable bonds is 30. The molecule has 0 amide bonds. The summed E-state index contributed by atoms with van der Waals surface area (Å²) in [6, 6.07) is 0. The minimum atomic E-state index is -1.61. The van der Waals surface area contributed by atoms with Gasteiger partial charge in [0, 0.05) is 12.8 Å². The molecule has 50 heavy (non-hydrogen) atoms. The first-order chi connectivity index (χ1) is 24.3. The fourth-order valence-corrected chi connectivity index (χ4v) is 5.44. The quantitative estimate of drug-likeness (QED) is 0.0351. The number of hydrogen-bond donors (Lipinski definition) is 4. The van der Waals surface area contributed by atoms with E-state index in [1.165, 1.54) is 51.4 Å². The molecule has 288 valence electrons. The lowest BCUT2D eigenvalue weighted by Gasteiger charge is -2.39. The Labute approximate surface area is 301 Å². The van der Waals surface area contributed by atoms with Gasteiger partial charge in [0.25, 0.3) is 0 Å². The van der Waals surface area contributed by atoms with Crippen molar-refractivity contribution < 1.29 is 49.0 Å². The van der Waals surface area contributed by atoms with Gasteiger partial charge in [0.1, 0.15) is 31.0 Å². The van der Waals surface area contributed by atoms with E-state index in [4.69, 9.17) is 18.9 Å². The molecule has 6 atom stereocenters. The lowest BCUT2D eigenvalue weighted by molar-refractivity contribution is -0.305. The van der Waals surface area contributed by atoms with Gasteiger partial charge >= 0.3 is 11.9 Å². The number of ether oxygens (including phenoxy) is 4.